The van der Waals surface area contributed by atoms with Crippen molar-refractivity contribution in [1.29, 1.82) is 0 Å². The van der Waals surface area contributed by atoms with Gasteiger partial charge in [-0.25, -0.2) is 9.78 Å². The molecule has 3 aromatic rings. The van der Waals surface area contributed by atoms with Crippen LogP contribution in [0.25, 0.3) is 21.9 Å². The normalized spacial score (nSPS) is 18.7. The molecule has 0 aliphatic carbocycles. The number of carboxylic acids is 1. The van der Waals surface area contributed by atoms with Gasteiger partial charge in [0.1, 0.15) is 17.6 Å². The maximum Gasteiger partial charge on any atom is 0.430 e. The molecule has 1 aromatic heterocycles. The van der Waals surface area contributed by atoms with Crippen molar-refractivity contribution in [3.8, 4) is 11.1 Å². The Morgan fingerprint density at radius 2 is 1.67 bits per heavy atom. The first-order chi connectivity index (χ1) is 15.4. The number of carboxylic acid groups (broad SMARTS) is 1. The van der Waals surface area contributed by atoms with Gasteiger partial charge >= 0.3 is 12.2 Å². The summed E-state index contributed by atoms with van der Waals surface area (Å²) < 4.78 is 31.5. The van der Waals surface area contributed by atoms with Gasteiger partial charge < -0.3 is 20.3 Å². The lowest BCUT2D eigenvalue weighted by atomic mass is 9.88. The Morgan fingerprint density at radius 1 is 1.06 bits per heavy atom. The van der Waals surface area contributed by atoms with Crippen molar-refractivity contribution in [2.75, 3.05) is 0 Å². The van der Waals surface area contributed by atoms with Crippen molar-refractivity contribution >= 4 is 28.7 Å². The quantitative estimate of drug-likeness (QED) is 0.505. The minimum atomic E-state index is -5.19. The summed E-state index contributed by atoms with van der Waals surface area (Å²) in [5, 5.41) is 26.3. The van der Waals surface area contributed by atoms with Crippen LogP contribution in [0.3, 0.4) is 0 Å². The SMILES string of the molecule is C[C@]1([C@H](O)c2ccc(-c3ccc4c[nH+]ccc4c3)cc2)NC(=O)NC1=O.O=C([O-])C(F)(F)F. The number of carbonyl (C=O) groups excluding carboxylic acids is 3. The molecule has 0 bridgehead atoms. The average molecular weight is 461 g/mol. The summed E-state index contributed by atoms with van der Waals surface area (Å²) in [6.07, 6.45) is -2.51. The zero-order valence-corrected chi connectivity index (χ0v) is 17.1. The lowest BCUT2D eigenvalue weighted by Gasteiger charge is -2.27. The van der Waals surface area contributed by atoms with Crippen molar-refractivity contribution in [2.45, 2.75) is 24.7 Å². The molecule has 1 aliphatic heterocycles. The minimum absolute atomic E-state index is 0.537. The number of hydrogen-bond acceptors (Lipinski definition) is 5. The van der Waals surface area contributed by atoms with Gasteiger partial charge in [0.25, 0.3) is 5.91 Å². The zero-order chi connectivity index (χ0) is 24.4. The van der Waals surface area contributed by atoms with Gasteiger partial charge in [-0.1, -0.05) is 30.3 Å². The second kappa shape index (κ2) is 8.87. The Hall–Kier alpha value is -3.99. The maximum absolute atomic E-state index is 12.0. The number of amides is 3. The highest BCUT2D eigenvalue weighted by Crippen LogP contribution is 2.31. The highest BCUT2D eigenvalue weighted by atomic mass is 19.4. The minimum Gasteiger partial charge on any atom is -0.542 e. The fourth-order valence-electron chi connectivity index (χ4n) is 3.25. The molecular formula is C22H18F3N3O5. The van der Waals surface area contributed by atoms with Crippen LogP contribution in [0.2, 0.25) is 0 Å². The zero-order valence-electron chi connectivity index (χ0n) is 17.1. The average Bonchev–Trinajstić information content (AvgIpc) is 3.05. The number of urea groups is 1. The summed E-state index contributed by atoms with van der Waals surface area (Å²) in [7, 11) is 0. The first-order valence-corrected chi connectivity index (χ1v) is 9.52. The molecule has 2 atom stereocenters. The number of pyridine rings is 1. The Labute approximate surface area is 185 Å². The van der Waals surface area contributed by atoms with Crippen molar-refractivity contribution < 1.29 is 42.8 Å². The van der Waals surface area contributed by atoms with Gasteiger partial charge in [-0.05, 0) is 41.1 Å². The van der Waals surface area contributed by atoms with Crippen LogP contribution in [0.5, 0.6) is 0 Å². The van der Waals surface area contributed by atoms with E-state index in [0.717, 1.165) is 21.9 Å². The molecule has 0 saturated carbocycles. The second-order valence-electron chi connectivity index (χ2n) is 7.41. The first-order valence-electron chi connectivity index (χ1n) is 9.52. The third kappa shape index (κ3) is 5.09. The number of nitrogens with one attached hydrogen (secondary N) is 3. The maximum atomic E-state index is 12.0. The number of fused-ring (bicyclic) bond motifs is 1. The summed E-state index contributed by atoms with van der Waals surface area (Å²) in [6, 6.07) is 14.9. The predicted octanol–water partition coefficient (Wildman–Crippen LogP) is 1.25. The van der Waals surface area contributed by atoms with E-state index in [0.29, 0.717) is 5.56 Å². The number of rotatable bonds is 3. The van der Waals surface area contributed by atoms with E-state index in [9.17, 15) is 27.9 Å². The number of aliphatic hydroxyl groups excluding tert-OH is 1. The molecule has 0 unspecified atom stereocenters. The molecule has 3 amide bonds. The van der Waals surface area contributed by atoms with Crippen LogP contribution < -0.4 is 20.7 Å². The van der Waals surface area contributed by atoms with Crippen LogP contribution in [0.15, 0.2) is 60.9 Å². The molecule has 8 nitrogen and oxygen atoms in total. The molecular weight excluding hydrogens is 443 g/mol. The lowest BCUT2D eigenvalue weighted by molar-refractivity contribution is -0.375. The van der Waals surface area contributed by atoms with Gasteiger partial charge in [0, 0.05) is 11.5 Å². The highest BCUT2D eigenvalue weighted by Gasteiger charge is 2.48. The topological polar surface area (TPSA) is 133 Å². The molecule has 1 fully saturated rings. The van der Waals surface area contributed by atoms with Crippen molar-refractivity contribution in [3.05, 3.63) is 66.5 Å². The van der Waals surface area contributed by atoms with Gasteiger partial charge in [0.05, 0.1) is 0 Å². The highest BCUT2D eigenvalue weighted by molar-refractivity contribution is 6.07. The van der Waals surface area contributed by atoms with E-state index in [1.807, 2.05) is 42.7 Å². The molecule has 4 N–H and O–H groups in total. The Balaban J connectivity index is 0.000000383. The molecule has 2 aromatic carbocycles. The van der Waals surface area contributed by atoms with E-state index in [-0.39, 0.29) is 0 Å². The fourth-order valence-corrected chi connectivity index (χ4v) is 3.25. The Kier molecular flexibility index (Phi) is 6.36. The van der Waals surface area contributed by atoms with Crippen LogP contribution in [-0.2, 0) is 9.59 Å². The van der Waals surface area contributed by atoms with E-state index < -0.39 is 35.7 Å². The number of carbonyl (C=O) groups is 3. The second-order valence-corrected chi connectivity index (χ2v) is 7.41. The molecule has 0 radical (unpaired) electrons. The number of aliphatic hydroxyl groups is 1. The number of H-pyrrole nitrogens is 1. The monoisotopic (exact) mass is 461 g/mol. The molecule has 172 valence electrons. The van der Waals surface area contributed by atoms with E-state index in [1.165, 1.54) is 6.92 Å². The van der Waals surface area contributed by atoms with E-state index in [4.69, 9.17) is 9.90 Å². The number of alkyl halides is 3. The third-order valence-electron chi connectivity index (χ3n) is 5.09. The number of aromatic amines is 1. The first kappa shape index (κ1) is 23.7. The lowest BCUT2D eigenvalue weighted by Crippen LogP contribution is -2.49. The summed E-state index contributed by atoms with van der Waals surface area (Å²) in [5.74, 6) is -3.54. The number of aromatic nitrogens is 1. The predicted molar refractivity (Wildman–Crippen MR) is 107 cm³/mol. The standard InChI is InChI=1S/C20H17N3O3.C2HF3O2/c1-20(18(25)22-19(26)23-20)17(24)13-4-2-12(3-5-13)14-6-7-16-11-21-9-8-15(16)10-14;3-2(4,5)1(6)7/h2-11,17,24H,1H3,(H2,22,23,25,26);(H,6,7)/t17-,20-;/m1./s1. The number of benzene rings is 2. The third-order valence-corrected chi connectivity index (χ3v) is 5.09. The van der Waals surface area contributed by atoms with Gasteiger partial charge in [-0.3, -0.25) is 10.1 Å². The van der Waals surface area contributed by atoms with Crippen LogP contribution >= 0.6 is 0 Å². The number of halogens is 3. The van der Waals surface area contributed by atoms with E-state index in [1.54, 1.807) is 12.1 Å². The fraction of sp³-hybridized carbons (Fsp3) is 0.182. The van der Waals surface area contributed by atoms with Crippen LogP contribution in [0, 0.1) is 0 Å². The molecule has 1 aliphatic rings. The molecule has 1 saturated heterocycles. The summed E-state index contributed by atoms with van der Waals surface area (Å²) in [6.45, 7) is 1.51. The van der Waals surface area contributed by atoms with E-state index in [2.05, 4.69) is 21.7 Å². The van der Waals surface area contributed by atoms with Crippen molar-refractivity contribution in [3.63, 3.8) is 0 Å². The van der Waals surface area contributed by atoms with Gasteiger partial charge in [0.15, 0.2) is 12.4 Å². The molecule has 2 heterocycles. The largest absolute Gasteiger partial charge is 0.542 e. The van der Waals surface area contributed by atoms with Crippen LogP contribution in [-0.4, -0.2) is 34.7 Å². The molecule has 4 rings (SSSR count). The van der Waals surface area contributed by atoms with E-state index >= 15 is 0 Å². The molecule has 0 spiro atoms. The van der Waals surface area contributed by atoms with Gasteiger partial charge in [-0.2, -0.15) is 13.2 Å². The number of hydrogen-bond donors (Lipinski definition) is 3. The summed E-state index contributed by atoms with van der Waals surface area (Å²) in [4.78, 5) is 35.2. The van der Waals surface area contributed by atoms with Gasteiger partial charge in [0.2, 0.25) is 0 Å². The van der Waals surface area contributed by atoms with Crippen molar-refractivity contribution in [2.24, 2.45) is 0 Å². The van der Waals surface area contributed by atoms with Crippen LogP contribution in [0.4, 0.5) is 18.0 Å². The van der Waals surface area contributed by atoms with Gasteiger partial charge in [-0.15, -0.1) is 0 Å². The van der Waals surface area contributed by atoms with Crippen molar-refractivity contribution in [1.82, 2.24) is 10.6 Å². The molecule has 33 heavy (non-hydrogen) atoms. The Morgan fingerprint density at radius 3 is 2.21 bits per heavy atom. The summed E-state index contributed by atoms with van der Waals surface area (Å²) >= 11 is 0. The van der Waals surface area contributed by atoms with Crippen LogP contribution in [0.1, 0.15) is 18.6 Å². The smallest absolute Gasteiger partial charge is 0.430 e. The Bertz CT molecular complexity index is 1210. The summed E-state index contributed by atoms with van der Waals surface area (Å²) in [5.41, 5.74) is 1.24. The number of imide groups is 1. The number of aliphatic carboxylic acids is 1. The molecule has 11 heteroatoms.